The zero-order chi connectivity index (χ0) is 61.9. The standard InChI is InChI=1S/C81H138O5/c1-3-5-7-9-11-13-15-17-19-21-23-25-27-29-31-33-35-36-37-38-39-40-41-42-43-44-46-48-50-52-54-56-58-60-62-64-66-68-70-72-74-76-81(84)86-79(77-82)78-85-80(83)75-73-71-69-67-65-63-61-59-57-55-53-51-49-47-45-34-32-30-28-26-24-22-20-18-16-14-12-10-8-6-4-2/h5,7,11,13,17,19,22-25,29,31,35-36,38-39,41-42,44,46,50,52,79,82H,3-4,6,8-10,12,14-16,18,20-21,26-28,30,32-34,37,40,43,45,47-49,51,53-78H2,1-2H3/b7-5-,13-11-,19-17-,24-22-,25-23-,31-29-,36-35-,39-38-,42-41-,46-44-,52-50-. The van der Waals surface area contributed by atoms with Crippen LogP contribution in [0.2, 0.25) is 0 Å². The molecule has 0 aromatic heterocycles. The number of carbonyl (C=O) groups excluding carboxylic acids is 2. The van der Waals surface area contributed by atoms with Gasteiger partial charge in [-0.25, -0.2) is 0 Å². The van der Waals surface area contributed by atoms with Gasteiger partial charge in [0.15, 0.2) is 6.10 Å². The summed E-state index contributed by atoms with van der Waals surface area (Å²) in [4.78, 5) is 24.7. The van der Waals surface area contributed by atoms with Gasteiger partial charge >= 0.3 is 11.9 Å². The van der Waals surface area contributed by atoms with E-state index in [9.17, 15) is 14.7 Å². The second kappa shape index (κ2) is 75.3. The monoisotopic (exact) mass is 1190 g/mol. The number of unbranched alkanes of at least 4 members (excludes halogenated alkanes) is 37. The highest BCUT2D eigenvalue weighted by molar-refractivity contribution is 5.70. The molecular weight excluding hydrogens is 1050 g/mol. The first-order valence-electron chi connectivity index (χ1n) is 36.7. The van der Waals surface area contributed by atoms with Crippen LogP contribution in [0.4, 0.5) is 0 Å². The molecule has 0 amide bonds. The van der Waals surface area contributed by atoms with E-state index < -0.39 is 6.10 Å². The highest BCUT2D eigenvalue weighted by Gasteiger charge is 2.16. The first-order chi connectivity index (χ1) is 42.6. The number of ether oxygens (including phenoxy) is 2. The fraction of sp³-hybridized carbons (Fsp3) is 0.704. The van der Waals surface area contributed by atoms with Crippen LogP contribution in [-0.2, 0) is 19.1 Å². The molecule has 0 fully saturated rings. The third-order valence-electron chi connectivity index (χ3n) is 15.9. The van der Waals surface area contributed by atoms with Crippen LogP contribution in [0.25, 0.3) is 0 Å². The molecule has 0 aliphatic heterocycles. The molecule has 0 heterocycles. The van der Waals surface area contributed by atoms with Crippen LogP contribution in [0.5, 0.6) is 0 Å². The van der Waals surface area contributed by atoms with Crippen molar-refractivity contribution in [2.24, 2.45) is 0 Å². The van der Waals surface area contributed by atoms with Crippen molar-refractivity contribution in [1.29, 1.82) is 0 Å². The van der Waals surface area contributed by atoms with Crippen LogP contribution >= 0.6 is 0 Å². The van der Waals surface area contributed by atoms with Gasteiger partial charge in [0, 0.05) is 12.8 Å². The van der Waals surface area contributed by atoms with Crippen molar-refractivity contribution in [3.8, 4) is 0 Å². The molecule has 0 aromatic carbocycles. The van der Waals surface area contributed by atoms with E-state index in [1.807, 2.05) is 0 Å². The number of aliphatic hydroxyl groups excluding tert-OH is 1. The van der Waals surface area contributed by atoms with E-state index >= 15 is 0 Å². The Labute approximate surface area is 534 Å². The highest BCUT2D eigenvalue weighted by atomic mass is 16.6. The fourth-order valence-electron chi connectivity index (χ4n) is 10.5. The Morgan fingerprint density at radius 3 is 0.767 bits per heavy atom. The lowest BCUT2D eigenvalue weighted by Crippen LogP contribution is -2.28. The molecule has 0 radical (unpaired) electrons. The Hall–Kier alpha value is -3.96. The Kier molecular flexibility index (Phi) is 71.8. The molecule has 1 unspecified atom stereocenters. The molecule has 0 rings (SSSR count). The molecule has 5 nitrogen and oxygen atoms in total. The lowest BCUT2D eigenvalue weighted by atomic mass is 10.0. The van der Waals surface area contributed by atoms with Crippen LogP contribution < -0.4 is 0 Å². The van der Waals surface area contributed by atoms with Gasteiger partial charge in [0.05, 0.1) is 6.61 Å². The van der Waals surface area contributed by atoms with Gasteiger partial charge in [-0.2, -0.15) is 0 Å². The largest absolute Gasteiger partial charge is 0.462 e. The van der Waals surface area contributed by atoms with E-state index in [1.165, 1.54) is 218 Å². The second-order valence-electron chi connectivity index (χ2n) is 24.3. The molecule has 0 spiro atoms. The number of hydrogen-bond acceptors (Lipinski definition) is 5. The molecule has 0 bridgehead atoms. The lowest BCUT2D eigenvalue weighted by molar-refractivity contribution is -0.161. The predicted octanol–water partition coefficient (Wildman–Crippen LogP) is 25.9. The van der Waals surface area contributed by atoms with Crippen molar-refractivity contribution in [3.05, 3.63) is 134 Å². The average molecular weight is 1190 g/mol. The summed E-state index contributed by atoms with van der Waals surface area (Å²) in [6, 6.07) is 0. The Bertz CT molecular complexity index is 1730. The number of hydrogen-bond donors (Lipinski definition) is 1. The third-order valence-corrected chi connectivity index (χ3v) is 15.9. The van der Waals surface area contributed by atoms with Crippen molar-refractivity contribution in [1.82, 2.24) is 0 Å². The second-order valence-corrected chi connectivity index (χ2v) is 24.3. The van der Waals surface area contributed by atoms with E-state index in [-0.39, 0.29) is 25.2 Å². The molecule has 0 aromatic rings. The van der Waals surface area contributed by atoms with Crippen molar-refractivity contribution < 1.29 is 24.2 Å². The van der Waals surface area contributed by atoms with Crippen LogP contribution in [0.15, 0.2) is 134 Å². The van der Waals surface area contributed by atoms with Crippen LogP contribution in [0.1, 0.15) is 348 Å². The minimum atomic E-state index is -0.783. The number of rotatable bonds is 67. The van der Waals surface area contributed by atoms with Crippen molar-refractivity contribution in [3.63, 3.8) is 0 Å². The summed E-state index contributed by atoms with van der Waals surface area (Å²) in [6.07, 6.45) is 112. The molecule has 1 N–H and O–H groups in total. The maximum absolute atomic E-state index is 12.4. The fourth-order valence-corrected chi connectivity index (χ4v) is 10.5. The van der Waals surface area contributed by atoms with Gasteiger partial charge in [0.2, 0.25) is 0 Å². The minimum Gasteiger partial charge on any atom is -0.462 e. The third kappa shape index (κ3) is 72.5. The molecule has 0 saturated carbocycles. The first kappa shape index (κ1) is 82.0. The topological polar surface area (TPSA) is 72.8 Å². The van der Waals surface area contributed by atoms with E-state index in [0.29, 0.717) is 12.8 Å². The molecular formula is C81H138O5. The molecule has 0 aliphatic rings. The number of aliphatic hydroxyl groups is 1. The molecule has 1 atom stereocenters. The molecule has 86 heavy (non-hydrogen) atoms. The summed E-state index contributed by atoms with van der Waals surface area (Å²) in [5.41, 5.74) is 0. The van der Waals surface area contributed by atoms with Crippen molar-refractivity contribution in [2.75, 3.05) is 13.2 Å². The Morgan fingerprint density at radius 1 is 0.279 bits per heavy atom. The zero-order valence-corrected chi connectivity index (χ0v) is 56.5. The van der Waals surface area contributed by atoms with Crippen LogP contribution in [-0.4, -0.2) is 36.4 Å². The smallest absolute Gasteiger partial charge is 0.306 e. The predicted molar refractivity (Wildman–Crippen MR) is 380 cm³/mol. The van der Waals surface area contributed by atoms with Gasteiger partial charge in [-0.3, -0.25) is 9.59 Å². The molecule has 0 saturated heterocycles. The first-order valence-corrected chi connectivity index (χ1v) is 36.7. The number of allylic oxidation sites excluding steroid dienone is 22. The van der Waals surface area contributed by atoms with Gasteiger partial charge in [-0.15, -0.1) is 0 Å². The van der Waals surface area contributed by atoms with Crippen LogP contribution in [0.3, 0.4) is 0 Å². The Morgan fingerprint density at radius 2 is 0.500 bits per heavy atom. The lowest BCUT2D eigenvalue weighted by Gasteiger charge is -2.15. The molecule has 492 valence electrons. The van der Waals surface area contributed by atoms with Crippen molar-refractivity contribution >= 4 is 11.9 Å². The summed E-state index contributed by atoms with van der Waals surface area (Å²) in [5, 5.41) is 9.71. The van der Waals surface area contributed by atoms with Gasteiger partial charge in [-0.1, -0.05) is 353 Å². The maximum Gasteiger partial charge on any atom is 0.306 e. The summed E-state index contributed by atoms with van der Waals surface area (Å²) >= 11 is 0. The van der Waals surface area contributed by atoms with Gasteiger partial charge in [0.25, 0.3) is 0 Å². The van der Waals surface area contributed by atoms with Gasteiger partial charge in [-0.05, 0) is 116 Å². The summed E-state index contributed by atoms with van der Waals surface area (Å²) in [6.45, 7) is 4.05. The Balaban J connectivity index is 3.51. The molecule has 5 heteroatoms. The van der Waals surface area contributed by atoms with E-state index in [1.54, 1.807) is 0 Å². The van der Waals surface area contributed by atoms with E-state index in [0.717, 1.165) is 103 Å². The van der Waals surface area contributed by atoms with Crippen molar-refractivity contribution in [2.45, 2.75) is 354 Å². The average Bonchev–Trinajstić information content (AvgIpc) is 3.54. The SMILES string of the molecule is CC/C=C\C/C=C\C/C=C\C/C=C\C/C=C\C/C=C\C/C=C\C/C=C\C/C=C\C/C=C\CCCCCCCCCCCCC(=O)OC(CO)COC(=O)CCCCCCCCCCCCCCCCCCCCC/C=C\CCCCCCCCCC. The van der Waals surface area contributed by atoms with Gasteiger partial charge in [0.1, 0.15) is 6.61 Å². The summed E-state index contributed by atoms with van der Waals surface area (Å²) in [5.74, 6) is -0.588. The van der Waals surface area contributed by atoms with Gasteiger partial charge < -0.3 is 14.6 Å². The van der Waals surface area contributed by atoms with E-state index in [4.69, 9.17) is 9.47 Å². The zero-order valence-electron chi connectivity index (χ0n) is 56.5. The number of esters is 2. The molecule has 0 aliphatic carbocycles. The summed E-state index contributed by atoms with van der Waals surface area (Å²) in [7, 11) is 0. The number of carbonyl (C=O) groups is 2. The normalized spacial score (nSPS) is 13.0. The van der Waals surface area contributed by atoms with E-state index in [2.05, 4.69) is 148 Å². The quantitative estimate of drug-likeness (QED) is 0.0373. The minimum absolute atomic E-state index is 0.0702. The maximum atomic E-state index is 12.4. The summed E-state index contributed by atoms with van der Waals surface area (Å²) < 4.78 is 10.8. The van der Waals surface area contributed by atoms with Crippen LogP contribution in [0, 0.1) is 0 Å². The highest BCUT2D eigenvalue weighted by Crippen LogP contribution is 2.18.